The highest BCUT2D eigenvalue weighted by Gasteiger charge is 2.01. The van der Waals surface area contributed by atoms with Crippen LogP contribution in [0, 0.1) is 13.8 Å². The summed E-state index contributed by atoms with van der Waals surface area (Å²) in [6.07, 6.45) is 0. The van der Waals surface area contributed by atoms with Gasteiger partial charge in [-0.3, -0.25) is 0 Å². The third kappa shape index (κ3) is 1.93. The summed E-state index contributed by atoms with van der Waals surface area (Å²) in [4.78, 5) is 0. The first-order valence-electron chi connectivity index (χ1n) is 4.42. The van der Waals surface area contributed by atoms with Crippen LogP contribution < -0.4 is 4.74 Å². The number of aromatic nitrogens is 1. The fourth-order valence-electron chi connectivity index (χ4n) is 1.12. The van der Waals surface area contributed by atoms with Crippen molar-refractivity contribution >= 4 is 0 Å². The van der Waals surface area contributed by atoms with E-state index in [-0.39, 0.29) is 0 Å². The first-order chi connectivity index (χ1) is 6.74. The Bertz CT molecular complexity index is 417. The smallest absolute Gasteiger partial charge is 0.259 e. The number of rotatable bonds is 2. The van der Waals surface area contributed by atoms with E-state index in [4.69, 9.17) is 9.26 Å². The molecule has 3 nitrogen and oxygen atoms in total. The summed E-state index contributed by atoms with van der Waals surface area (Å²) in [5.74, 6) is 2.00. The zero-order chi connectivity index (χ0) is 9.97. The van der Waals surface area contributed by atoms with Crippen molar-refractivity contribution in [2.75, 3.05) is 0 Å². The van der Waals surface area contributed by atoms with Crippen molar-refractivity contribution in [3.05, 3.63) is 41.7 Å². The molecule has 0 aliphatic rings. The maximum absolute atomic E-state index is 5.45. The zero-order valence-corrected chi connectivity index (χ0v) is 8.15. The minimum atomic E-state index is 0.492. The van der Waals surface area contributed by atoms with Crippen LogP contribution in [0.15, 0.2) is 34.9 Å². The second-order valence-electron chi connectivity index (χ2n) is 3.19. The minimum absolute atomic E-state index is 0.492. The van der Waals surface area contributed by atoms with Gasteiger partial charge in [0, 0.05) is 6.07 Å². The van der Waals surface area contributed by atoms with Crippen LogP contribution in [-0.2, 0) is 0 Å². The number of hydrogen-bond donors (Lipinski definition) is 0. The highest BCUT2D eigenvalue weighted by Crippen LogP contribution is 2.20. The van der Waals surface area contributed by atoms with E-state index in [1.54, 1.807) is 6.07 Å². The molecule has 1 heterocycles. The van der Waals surface area contributed by atoms with Gasteiger partial charge in [0.05, 0.1) is 0 Å². The van der Waals surface area contributed by atoms with E-state index < -0.39 is 0 Å². The van der Waals surface area contributed by atoms with Crippen molar-refractivity contribution in [1.29, 1.82) is 0 Å². The molecule has 14 heavy (non-hydrogen) atoms. The Morgan fingerprint density at radius 1 is 1.14 bits per heavy atom. The van der Waals surface area contributed by atoms with Gasteiger partial charge in [0.25, 0.3) is 5.88 Å². The molecule has 0 fully saturated rings. The lowest BCUT2D eigenvalue weighted by molar-refractivity contribution is 0.355. The molecule has 0 bridgehead atoms. The third-order valence-electron chi connectivity index (χ3n) is 1.85. The van der Waals surface area contributed by atoms with E-state index in [1.807, 2.05) is 38.1 Å². The molecule has 2 rings (SSSR count). The van der Waals surface area contributed by atoms with Gasteiger partial charge in [-0.2, -0.15) is 0 Å². The predicted octanol–water partition coefficient (Wildman–Crippen LogP) is 3.08. The van der Waals surface area contributed by atoms with Crippen LogP contribution in [0.25, 0.3) is 0 Å². The monoisotopic (exact) mass is 189 g/mol. The molecule has 0 unspecified atom stereocenters. The van der Waals surface area contributed by atoms with Gasteiger partial charge in [0.2, 0.25) is 0 Å². The van der Waals surface area contributed by atoms with E-state index in [0.717, 1.165) is 11.5 Å². The molecular formula is C11H11NO2. The van der Waals surface area contributed by atoms with Crippen LogP contribution in [0.2, 0.25) is 0 Å². The molecule has 0 saturated heterocycles. The lowest BCUT2D eigenvalue weighted by Gasteiger charge is -2.00. The van der Waals surface area contributed by atoms with Gasteiger partial charge in [-0.05, 0) is 31.1 Å². The second kappa shape index (κ2) is 3.54. The molecule has 0 N–H and O–H groups in total. The van der Waals surface area contributed by atoms with E-state index in [1.165, 1.54) is 5.56 Å². The number of aryl methyl sites for hydroxylation is 2. The second-order valence-corrected chi connectivity index (χ2v) is 3.19. The molecule has 0 amide bonds. The molecule has 0 saturated carbocycles. The molecule has 3 heteroatoms. The summed E-state index contributed by atoms with van der Waals surface area (Å²) in [5, 5.41) is 3.74. The molecular weight excluding hydrogens is 178 g/mol. The number of nitrogens with zero attached hydrogens (tertiary/aromatic N) is 1. The summed E-state index contributed by atoms with van der Waals surface area (Å²) >= 11 is 0. The van der Waals surface area contributed by atoms with Crippen LogP contribution in [0.5, 0.6) is 11.6 Å². The average Bonchev–Trinajstić information content (AvgIpc) is 2.56. The average molecular weight is 189 g/mol. The lowest BCUT2D eigenvalue weighted by Crippen LogP contribution is -1.83. The lowest BCUT2D eigenvalue weighted by atomic mass is 10.2. The third-order valence-corrected chi connectivity index (χ3v) is 1.85. The van der Waals surface area contributed by atoms with Crippen LogP contribution >= 0.6 is 0 Å². The van der Waals surface area contributed by atoms with Crippen LogP contribution in [0.1, 0.15) is 11.3 Å². The molecule has 0 aliphatic heterocycles. The Morgan fingerprint density at radius 3 is 2.43 bits per heavy atom. The predicted molar refractivity (Wildman–Crippen MR) is 52.5 cm³/mol. The van der Waals surface area contributed by atoms with E-state index in [9.17, 15) is 0 Å². The SMILES string of the molecule is Cc1ccc(Oc2cc(C)on2)cc1. The number of benzene rings is 1. The topological polar surface area (TPSA) is 35.3 Å². The maximum Gasteiger partial charge on any atom is 0.259 e. The molecule has 2 aromatic rings. The van der Waals surface area contributed by atoms with E-state index in [0.29, 0.717) is 5.88 Å². The van der Waals surface area contributed by atoms with Gasteiger partial charge in [-0.15, -0.1) is 0 Å². The fraction of sp³-hybridized carbons (Fsp3) is 0.182. The molecule has 0 spiro atoms. The molecule has 0 atom stereocenters. The van der Waals surface area contributed by atoms with E-state index in [2.05, 4.69) is 5.16 Å². The molecule has 0 aliphatic carbocycles. The normalized spacial score (nSPS) is 10.1. The summed E-state index contributed by atoms with van der Waals surface area (Å²) in [6, 6.07) is 9.53. The standard InChI is InChI=1S/C11H11NO2/c1-8-3-5-10(6-4-8)13-11-7-9(2)14-12-11/h3-7H,1-2H3. The number of ether oxygens (including phenoxy) is 1. The Balaban J connectivity index is 2.15. The van der Waals surface area contributed by atoms with Gasteiger partial charge < -0.3 is 9.26 Å². The molecule has 72 valence electrons. The van der Waals surface area contributed by atoms with Crippen LogP contribution in [0.3, 0.4) is 0 Å². The first-order valence-corrected chi connectivity index (χ1v) is 4.42. The van der Waals surface area contributed by atoms with Gasteiger partial charge in [-0.25, -0.2) is 0 Å². The van der Waals surface area contributed by atoms with Crippen LogP contribution in [-0.4, -0.2) is 5.16 Å². The first kappa shape index (κ1) is 8.81. The highest BCUT2D eigenvalue weighted by atomic mass is 16.5. The molecule has 0 radical (unpaired) electrons. The van der Waals surface area contributed by atoms with Gasteiger partial charge in [-0.1, -0.05) is 17.7 Å². The molecule has 1 aromatic heterocycles. The Hall–Kier alpha value is -1.77. The fourth-order valence-corrected chi connectivity index (χ4v) is 1.12. The zero-order valence-electron chi connectivity index (χ0n) is 8.15. The quantitative estimate of drug-likeness (QED) is 0.728. The van der Waals surface area contributed by atoms with Gasteiger partial charge in [0.1, 0.15) is 11.5 Å². The van der Waals surface area contributed by atoms with Gasteiger partial charge in [0.15, 0.2) is 0 Å². The van der Waals surface area contributed by atoms with Crippen molar-refractivity contribution < 1.29 is 9.26 Å². The Kier molecular flexibility index (Phi) is 2.23. The van der Waals surface area contributed by atoms with Crippen molar-refractivity contribution in [2.24, 2.45) is 0 Å². The largest absolute Gasteiger partial charge is 0.436 e. The molecule has 1 aromatic carbocycles. The Morgan fingerprint density at radius 2 is 1.86 bits per heavy atom. The Labute approximate surface area is 82.3 Å². The van der Waals surface area contributed by atoms with Crippen molar-refractivity contribution in [2.45, 2.75) is 13.8 Å². The highest BCUT2D eigenvalue weighted by molar-refractivity contribution is 5.29. The summed E-state index contributed by atoms with van der Waals surface area (Å²) in [7, 11) is 0. The maximum atomic E-state index is 5.45. The minimum Gasteiger partial charge on any atom is -0.436 e. The van der Waals surface area contributed by atoms with Crippen molar-refractivity contribution in [3.8, 4) is 11.6 Å². The van der Waals surface area contributed by atoms with Crippen LogP contribution in [0.4, 0.5) is 0 Å². The van der Waals surface area contributed by atoms with E-state index >= 15 is 0 Å². The van der Waals surface area contributed by atoms with Gasteiger partial charge >= 0.3 is 0 Å². The van der Waals surface area contributed by atoms with Crippen molar-refractivity contribution in [3.63, 3.8) is 0 Å². The van der Waals surface area contributed by atoms with Crippen molar-refractivity contribution in [1.82, 2.24) is 5.16 Å². The number of hydrogen-bond acceptors (Lipinski definition) is 3. The summed E-state index contributed by atoms with van der Waals surface area (Å²) in [6.45, 7) is 3.86. The summed E-state index contributed by atoms with van der Waals surface area (Å²) < 4.78 is 10.3. The summed E-state index contributed by atoms with van der Waals surface area (Å²) in [5.41, 5.74) is 1.20.